The molecule has 3 nitrogen and oxygen atoms in total. The molecule has 1 N–H and O–H groups in total. The number of hydrogen-bond donors (Lipinski definition) is 1. The van der Waals surface area contributed by atoms with Crippen LogP contribution < -0.4 is 5.32 Å². The second kappa shape index (κ2) is 5.47. The first-order valence-corrected chi connectivity index (χ1v) is 6.75. The Balaban J connectivity index is 2.17. The summed E-state index contributed by atoms with van der Waals surface area (Å²) in [6, 6.07) is 7.06. The van der Waals surface area contributed by atoms with Crippen LogP contribution in [0.4, 0.5) is 4.39 Å². The van der Waals surface area contributed by atoms with E-state index in [0.717, 1.165) is 5.56 Å². The van der Waals surface area contributed by atoms with Gasteiger partial charge in [-0.15, -0.1) is 0 Å². The van der Waals surface area contributed by atoms with Gasteiger partial charge >= 0.3 is 0 Å². The van der Waals surface area contributed by atoms with Gasteiger partial charge in [-0.05, 0) is 25.1 Å². The summed E-state index contributed by atoms with van der Waals surface area (Å²) in [7, 11) is 1.62. The molecule has 1 saturated heterocycles. The van der Waals surface area contributed by atoms with Gasteiger partial charge < -0.3 is 10.2 Å². The van der Waals surface area contributed by atoms with Crippen LogP contribution in [0.25, 0.3) is 0 Å². The van der Waals surface area contributed by atoms with E-state index in [1.165, 1.54) is 4.90 Å². The van der Waals surface area contributed by atoms with Crippen LogP contribution in [0.2, 0.25) is 5.02 Å². The first-order chi connectivity index (χ1) is 8.96. The molecule has 0 aromatic heterocycles. The van der Waals surface area contributed by atoms with Crippen molar-refractivity contribution in [3.63, 3.8) is 0 Å². The fourth-order valence-electron chi connectivity index (χ4n) is 2.36. The average molecular weight is 285 g/mol. The zero-order chi connectivity index (χ0) is 14.0. The molecule has 2 rings (SSSR count). The van der Waals surface area contributed by atoms with E-state index in [4.69, 9.17) is 11.6 Å². The number of alkyl halides is 1. The number of benzene rings is 1. The third kappa shape index (κ3) is 2.74. The molecule has 0 saturated carbocycles. The van der Waals surface area contributed by atoms with E-state index >= 15 is 0 Å². The van der Waals surface area contributed by atoms with Gasteiger partial charge in [0.05, 0.1) is 6.04 Å². The highest BCUT2D eigenvalue weighted by atomic mass is 35.5. The van der Waals surface area contributed by atoms with Crippen molar-refractivity contribution >= 4 is 17.5 Å². The molecule has 0 spiro atoms. The van der Waals surface area contributed by atoms with Crippen LogP contribution in [0.1, 0.15) is 24.9 Å². The van der Waals surface area contributed by atoms with Gasteiger partial charge in [0.25, 0.3) is 5.91 Å². The summed E-state index contributed by atoms with van der Waals surface area (Å²) in [6.45, 7) is 2.48. The summed E-state index contributed by atoms with van der Waals surface area (Å²) in [6.07, 6.45) is 0.228. The lowest BCUT2D eigenvalue weighted by Gasteiger charge is -2.31. The fourth-order valence-corrected chi connectivity index (χ4v) is 2.65. The Labute approximate surface area is 117 Å². The lowest BCUT2D eigenvalue weighted by Crippen LogP contribution is -2.46. The number of amides is 1. The highest BCUT2D eigenvalue weighted by Gasteiger charge is 2.44. The van der Waals surface area contributed by atoms with E-state index in [2.05, 4.69) is 5.32 Å². The molecule has 1 aromatic rings. The van der Waals surface area contributed by atoms with Crippen LogP contribution in [-0.2, 0) is 4.79 Å². The number of hydrogen-bond acceptors (Lipinski definition) is 2. The summed E-state index contributed by atoms with van der Waals surface area (Å²) in [5.74, 6) is -0.482. The van der Waals surface area contributed by atoms with Crippen LogP contribution in [0, 0.1) is 0 Å². The van der Waals surface area contributed by atoms with Crippen molar-refractivity contribution in [3.05, 3.63) is 34.9 Å². The molecule has 1 fully saturated rings. The predicted octanol–water partition coefficient (Wildman–Crippen LogP) is 2.56. The minimum atomic E-state index is -1.79. The zero-order valence-electron chi connectivity index (χ0n) is 11.1. The fraction of sp³-hybridized carbons (Fsp3) is 0.500. The molecule has 0 radical (unpaired) electrons. The van der Waals surface area contributed by atoms with Gasteiger partial charge in [-0.3, -0.25) is 4.79 Å². The lowest BCUT2D eigenvalue weighted by molar-refractivity contribution is -0.143. The molecule has 1 aliphatic heterocycles. The third-order valence-corrected chi connectivity index (χ3v) is 4.09. The highest BCUT2D eigenvalue weighted by Crippen LogP contribution is 2.30. The number of rotatable bonds is 3. The summed E-state index contributed by atoms with van der Waals surface area (Å²) in [5, 5.41) is 3.48. The van der Waals surface area contributed by atoms with Crippen molar-refractivity contribution in [2.45, 2.75) is 25.1 Å². The molecule has 0 aliphatic carbocycles. The quantitative estimate of drug-likeness (QED) is 0.925. The molecule has 1 amide bonds. The lowest BCUT2D eigenvalue weighted by atomic mass is 10.0. The van der Waals surface area contributed by atoms with Gasteiger partial charge in [0.1, 0.15) is 0 Å². The van der Waals surface area contributed by atoms with Crippen LogP contribution in [-0.4, -0.2) is 36.6 Å². The van der Waals surface area contributed by atoms with Crippen LogP contribution in [0.15, 0.2) is 24.3 Å². The summed E-state index contributed by atoms with van der Waals surface area (Å²) < 4.78 is 14.4. The Morgan fingerprint density at radius 3 is 2.79 bits per heavy atom. The van der Waals surface area contributed by atoms with Gasteiger partial charge in [-0.2, -0.15) is 0 Å². The van der Waals surface area contributed by atoms with Gasteiger partial charge in [0.2, 0.25) is 5.67 Å². The monoisotopic (exact) mass is 284 g/mol. The number of carbonyl (C=O) groups is 1. The highest BCUT2D eigenvalue weighted by molar-refractivity contribution is 6.31. The smallest absolute Gasteiger partial charge is 0.261 e. The first-order valence-electron chi connectivity index (χ1n) is 6.37. The second-order valence-corrected chi connectivity index (χ2v) is 5.41. The minimum Gasteiger partial charge on any atom is -0.336 e. The minimum absolute atomic E-state index is 0.0887. The van der Waals surface area contributed by atoms with Crippen molar-refractivity contribution in [3.8, 4) is 0 Å². The van der Waals surface area contributed by atoms with E-state index < -0.39 is 11.6 Å². The summed E-state index contributed by atoms with van der Waals surface area (Å²) in [5.41, 5.74) is -0.959. The molecule has 104 valence electrons. The normalized spacial score (nSPS) is 24.2. The Bertz CT molecular complexity index is 474. The van der Waals surface area contributed by atoms with Crippen molar-refractivity contribution in [2.75, 3.05) is 20.1 Å². The summed E-state index contributed by atoms with van der Waals surface area (Å²) in [4.78, 5) is 13.7. The van der Waals surface area contributed by atoms with Crippen LogP contribution in [0.3, 0.4) is 0 Å². The van der Waals surface area contributed by atoms with Gasteiger partial charge in [-0.1, -0.05) is 29.8 Å². The molecule has 1 aromatic carbocycles. The van der Waals surface area contributed by atoms with E-state index in [1.54, 1.807) is 13.1 Å². The Morgan fingerprint density at radius 2 is 2.21 bits per heavy atom. The van der Waals surface area contributed by atoms with E-state index in [0.29, 0.717) is 11.6 Å². The topological polar surface area (TPSA) is 32.3 Å². The second-order valence-electron chi connectivity index (χ2n) is 5.01. The molecule has 19 heavy (non-hydrogen) atoms. The van der Waals surface area contributed by atoms with Gasteiger partial charge in [0, 0.05) is 25.0 Å². The average Bonchev–Trinajstić information content (AvgIpc) is 2.85. The van der Waals surface area contributed by atoms with Crippen molar-refractivity contribution in [1.29, 1.82) is 0 Å². The standard InChI is InChI=1S/C14H18ClFN2O/c1-10(11-5-3-4-6-12(11)15)18(2)13(19)14(16)7-8-17-9-14/h3-6,10,17H,7-9H2,1-2H3/t10-,14+/m0/s1. The first kappa shape index (κ1) is 14.3. The van der Waals surface area contributed by atoms with E-state index in [1.807, 2.05) is 25.1 Å². The molecular weight excluding hydrogens is 267 g/mol. The Morgan fingerprint density at radius 1 is 1.53 bits per heavy atom. The Kier molecular flexibility index (Phi) is 4.11. The number of nitrogens with zero attached hydrogens (tertiary/aromatic N) is 1. The number of carbonyl (C=O) groups excluding carboxylic acids is 1. The Hall–Kier alpha value is -1.13. The molecule has 2 atom stereocenters. The van der Waals surface area contributed by atoms with E-state index in [-0.39, 0.29) is 19.0 Å². The molecule has 5 heteroatoms. The van der Waals surface area contributed by atoms with Gasteiger partial charge in [0.15, 0.2) is 0 Å². The molecular formula is C14H18ClFN2O. The van der Waals surface area contributed by atoms with Gasteiger partial charge in [-0.25, -0.2) is 4.39 Å². The number of halogens is 2. The third-order valence-electron chi connectivity index (χ3n) is 3.74. The molecule has 0 bridgehead atoms. The van der Waals surface area contributed by atoms with Crippen LogP contribution in [0.5, 0.6) is 0 Å². The van der Waals surface area contributed by atoms with E-state index in [9.17, 15) is 9.18 Å². The number of nitrogens with one attached hydrogen (secondary N) is 1. The van der Waals surface area contributed by atoms with Crippen LogP contribution >= 0.6 is 11.6 Å². The SMILES string of the molecule is C[C@@H](c1ccccc1Cl)N(C)C(=O)[C@@]1(F)CCNC1. The zero-order valence-corrected chi connectivity index (χ0v) is 11.9. The van der Waals surface area contributed by atoms with Crippen molar-refractivity contribution in [1.82, 2.24) is 10.2 Å². The maximum absolute atomic E-state index is 14.4. The maximum atomic E-state index is 14.4. The largest absolute Gasteiger partial charge is 0.336 e. The predicted molar refractivity (Wildman–Crippen MR) is 74.0 cm³/mol. The molecule has 1 aliphatic rings. The molecule has 0 unspecified atom stereocenters. The van der Waals surface area contributed by atoms with Crippen molar-refractivity contribution < 1.29 is 9.18 Å². The summed E-state index contributed by atoms with van der Waals surface area (Å²) >= 11 is 6.12. The van der Waals surface area contributed by atoms with Crippen molar-refractivity contribution in [2.24, 2.45) is 0 Å². The molecule has 1 heterocycles. The maximum Gasteiger partial charge on any atom is 0.261 e.